The van der Waals surface area contributed by atoms with E-state index in [4.69, 9.17) is 0 Å². The van der Waals surface area contributed by atoms with Crippen LogP contribution < -0.4 is 0 Å². The van der Waals surface area contributed by atoms with Gasteiger partial charge in [0.2, 0.25) is 0 Å². The van der Waals surface area contributed by atoms with Crippen LogP contribution in [0.3, 0.4) is 0 Å². The first-order chi connectivity index (χ1) is 42.5. The normalized spacial score (nSPS) is 11.1. The Balaban J connectivity index is 0.906. The Kier molecular flexibility index (Phi) is 14.7. The van der Waals surface area contributed by atoms with Crippen molar-refractivity contribution in [1.82, 2.24) is 0 Å². The molecule has 0 saturated carbocycles. The van der Waals surface area contributed by atoms with E-state index in [1.54, 1.807) is 0 Å². The molecule has 0 radical (unpaired) electrons. The predicted octanol–water partition coefficient (Wildman–Crippen LogP) is 22.9. The number of carbonyl (C=O) groups is 1. The van der Waals surface area contributed by atoms with Crippen molar-refractivity contribution in [3.63, 3.8) is 0 Å². The van der Waals surface area contributed by atoms with Gasteiger partial charge in [0.05, 0.1) is 0 Å². The predicted molar refractivity (Wildman–Crippen MR) is 362 cm³/mol. The zero-order chi connectivity index (χ0) is 57.6. The van der Waals surface area contributed by atoms with E-state index in [0.717, 1.165) is 111 Å². The molecule has 0 aliphatic carbocycles. The van der Waals surface area contributed by atoms with Gasteiger partial charge in [-0.3, -0.25) is 4.79 Å². The van der Waals surface area contributed by atoms with E-state index in [9.17, 15) is 0 Å². The molecular formula is C85H58O. The molecule has 0 spiro atoms. The summed E-state index contributed by atoms with van der Waals surface area (Å²) >= 11 is 0. The van der Waals surface area contributed by atoms with E-state index in [1.807, 2.05) is 0 Å². The fourth-order valence-electron chi connectivity index (χ4n) is 11.9. The van der Waals surface area contributed by atoms with Gasteiger partial charge >= 0.3 is 0 Å². The van der Waals surface area contributed by atoms with Gasteiger partial charge < -0.3 is 0 Å². The molecular weight excluding hydrogens is 1040 g/mol. The van der Waals surface area contributed by atoms with Crippen LogP contribution in [0.1, 0.15) is 15.9 Å². The number of rotatable bonds is 14. The summed E-state index contributed by atoms with van der Waals surface area (Å²) in [5.41, 5.74) is 27.3. The van der Waals surface area contributed by atoms with Crippen LogP contribution in [0.2, 0.25) is 0 Å². The molecule has 0 amide bonds. The van der Waals surface area contributed by atoms with E-state index in [-0.39, 0.29) is 5.78 Å². The van der Waals surface area contributed by atoms with Gasteiger partial charge in [0.25, 0.3) is 0 Å². The summed E-state index contributed by atoms with van der Waals surface area (Å²) in [4.78, 5) is 16.0. The van der Waals surface area contributed by atoms with Gasteiger partial charge in [0, 0.05) is 11.1 Å². The van der Waals surface area contributed by atoms with Gasteiger partial charge in [-0.15, -0.1) is 0 Å². The molecule has 1 nitrogen and oxygen atoms in total. The SMILES string of the molecule is O=C(c1cc(-c2cccc(-c3cccc(-c4ccccc4)c3)c2)cc(-c2cccc(-c3cccc(-c4ccccc4)c3)c2)c1)c1cc(-c2cccc(-c3cccc(-c4ccccc4)c3)c2)cc(-c2cccc(-c3cccc(-c4ccccc4)c3)c2)c1. The third kappa shape index (κ3) is 11.5. The quantitative estimate of drug-likeness (QED) is 0.0992. The molecule has 404 valence electrons. The summed E-state index contributed by atoms with van der Waals surface area (Å²) in [5.74, 6) is -0.0620. The first kappa shape index (κ1) is 52.8. The Morgan fingerprint density at radius 3 is 0.430 bits per heavy atom. The molecule has 0 unspecified atom stereocenters. The molecule has 0 heterocycles. The Labute approximate surface area is 504 Å². The summed E-state index contributed by atoms with van der Waals surface area (Å²) in [7, 11) is 0. The average Bonchev–Trinajstić information content (AvgIpc) is 2.07. The number of hydrogen-bond acceptors (Lipinski definition) is 1. The zero-order valence-electron chi connectivity index (χ0n) is 47.4. The van der Waals surface area contributed by atoms with Gasteiger partial charge in [-0.05, 0) is 218 Å². The first-order valence-electron chi connectivity index (χ1n) is 29.4. The minimum atomic E-state index is -0.0620. The second kappa shape index (κ2) is 23.9. The van der Waals surface area contributed by atoms with Crippen molar-refractivity contribution >= 4 is 5.78 Å². The first-order valence-corrected chi connectivity index (χ1v) is 29.4. The van der Waals surface area contributed by atoms with Crippen molar-refractivity contribution in [2.75, 3.05) is 0 Å². The second-order valence-electron chi connectivity index (χ2n) is 22.0. The Morgan fingerprint density at radius 1 is 0.128 bits per heavy atom. The largest absolute Gasteiger partial charge is 0.289 e. The number of benzene rings is 14. The summed E-state index contributed by atoms with van der Waals surface area (Å²) in [6.45, 7) is 0. The van der Waals surface area contributed by atoms with Crippen molar-refractivity contribution in [3.8, 4) is 134 Å². The number of ketones is 1. The molecule has 1 heteroatoms. The van der Waals surface area contributed by atoms with Gasteiger partial charge in [-0.2, -0.15) is 0 Å². The van der Waals surface area contributed by atoms with Crippen molar-refractivity contribution in [2.45, 2.75) is 0 Å². The lowest BCUT2D eigenvalue weighted by Crippen LogP contribution is -2.03. The smallest absolute Gasteiger partial charge is 0.193 e. The Bertz CT molecular complexity index is 4160. The van der Waals surface area contributed by atoms with E-state index in [1.165, 1.54) is 22.3 Å². The van der Waals surface area contributed by atoms with Gasteiger partial charge in [-0.1, -0.05) is 267 Å². The van der Waals surface area contributed by atoms with Crippen LogP contribution in [-0.4, -0.2) is 5.78 Å². The standard InChI is InChI=1S/C85H58O/c86-85(83-55-79(75-41-17-37-71(49-75)67-33-13-29-63(45-67)59-21-5-1-6-22-59)53-80(56-83)76-42-18-38-72(50-76)68-34-14-30-64(46-68)60-23-7-2-8-24-60)84-57-81(77-43-19-39-73(51-77)69-35-15-31-65(47-69)61-25-9-3-10-26-61)54-82(58-84)78-44-20-40-74(52-78)70-36-16-32-66(48-70)62-27-11-4-12-28-62/h1-58H. The maximum Gasteiger partial charge on any atom is 0.193 e. The van der Waals surface area contributed by atoms with Gasteiger partial charge in [0.15, 0.2) is 5.78 Å². The summed E-state index contributed by atoms with van der Waals surface area (Å²) in [5, 5.41) is 0. The average molecular weight is 1100 g/mol. The summed E-state index contributed by atoms with van der Waals surface area (Å²) in [6, 6.07) is 125. The molecule has 0 aromatic heterocycles. The second-order valence-corrected chi connectivity index (χ2v) is 22.0. The fraction of sp³-hybridized carbons (Fsp3) is 0. The van der Waals surface area contributed by atoms with Gasteiger partial charge in [-0.25, -0.2) is 0 Å². The highest BCUT2D eigenvalue weighted by atomic mass is 16.1. The lowest BCUT2D eigenvalue weighted by molar-refractivity contribution is 0.103. The summed E-state index contributed by atoms with van der Waals surface area (Å²) in [6.07, 6.45) is 0. The minimum Gasteiger partial charge on any atom is -0.289 e. The molecule has 14 aromatic carbocycles. The third-order valence-electron chi connectivity index (χ3n) is 16.4. The molecule has 0 aliphatic rings. The van der Waals surface area contributed by atoms with Crippen molar-refractivity contribution in [1.29, 1.82) is 0 Å². The highest BCUT2D eigenvalue weighted by Gasteiger charge is 2.19. The van der Waals surface area contributed by atoms with Crippen LogP contribution in [0.15, 0.2) is 352 Å². The highest BCUT2D eigenvalue weighted by molar-refractivity contribution is 6.12. The van der Waals surface area contributed by atoms with Crippen LogP contribution in [0, 0.1) is 0 Å². The third-order valence-corrected chi connectivity index (χ3v) is 16.4. The van der Waals surface area contributed by atoms with Crippen LogP contribution in [-0.2, 0) is 0 Å². The van der Waals surface area contributed by atoms with E-state index in [0.29, 0.717) is 11.1 Å². The van der Waals surface area contributed by atoms with Gasteiger partial charge in [0.1, 0.15) is 0 Å². The van der Waals surface area contributed by atoms with E-state index >= 15 is 4.79 Å². The zero-order valence-corrected chi connectivity index (χ0v) is 47.4. The molecule has 0 N–H and O–H groups in total. The van der Waals surface area contributed by atoms with Crippen LogP contribution in [0.25, 0.3) is 134 Å². The topological polar surface area (TPSA) is 17.1 Å². The molecule has 86 heavy (non-hydrogen) atoms. The van der Waals surface area contributed by atoms with Crippen LogP contribution in [0.5, 0.6) is 0 Å². The highest BCUT2D eigenvalue weighted by Crippen LogP contribution is 2.39. The van der Waals surface area contributed by atoms with Crippen molar-refractivity contribution in [3.05, 3.63) is 363 Å². The van der Waals surface area contributed by atoms with Crippen LogP contribution >= 0.6 is 0 Å². The molecule has 0 atom stereocenters. The lowest BCUT2D eigenvalue weighted by Gasteiger charge is -2.15. The number of hydrogen-bond donors (Lipinski definition) is 0. The summed E-state index contributed by atoms with van der Waals surface area (Å²) < 4.78 is 0. The minimum absolute atomic E-state index is 0.0620. The molecule has 0 aliphatic heterocycles. The lowest BCUT2D eigenvalue weighted by atomic mass is 9.88. The molecule has 0 saturated heterocycles. The Hall–Kier alpha value is -11.3. The molecule has 0 fully saturated rings. The monoisotopic (exact) mass is 1090 g/mol. The Morgan fingerprint density at radius 2 is 0.256 bits per heavy atom. The maximum atomic E-state index is 16.0. The van der Waals surface area contributed by atoms with Crippen molar-refractivity contribution in [2.24, 2.45) is 0 Å². The van der Waals surface area contributed by atoms with E-state index < -0.39 is 0 Å². The van der Waals surface area contributed by atoms with Crippen LogP contribution in [0.4, 0.5) is 0 Å². The number of carbonyl (C=O) groups excluding carboxylic acids is 1. The molecule has 14 aromatic rings. The molecule has 14 rings (SSSR count). The molecule has 0 bridgehead atoms. The van der Waals surface area contributed by atoms with E-state index in [2.05, 4.69) is 352 Å². The van der Waals surface area contributed by atoms with Crippen molar-refractivity contribution < 1.29 is 4.79 Å². The maximum absolute atomic E-state index is 16.0. The fourth-order valence-corrected chi connectivity index (χ4v) is 11.9.